The summed E-state index contributed by atoms with van der Waals surface area (Å²) in [5.41, 5.74) is 2.05. The first-order valence-electron chi connectivity index (χ1n) is 7.12. The van der Waals surface area contributed by atoms with E-state index < -0.39 is 10.0 Å². The van der Waals surface area contributed by atoms with Crippen LogP contribution in [0.5, 0.6) is 5.75 Å². The maximum absolute atomic E-state index is 12.5. The second-order valence-corrected chi connectivity index (χ2v) is 7.28. The second kappa shape index (κ2) is 6.94. The van der Waals surface area contributed by atoms with Crippen LogP contribution in [-0.4, -0.2) is 32.9 Å². The highest BCUT2D eigenvalue weighted by atomic mass is 32.2. The van der Waals surface area contributed by atoms with E-state index >= 15 is 0 Å². The van der Waals surface area contributed by atoms with Crippen LogP contribution in [0.1, 0.15) is 11.1 Å². The van der Waals surface area contributed by atoms with Crippen LogP contribution >= 0.6 is 0 Å². The zero-order chi connectivity index (χ0) is 16.2. The van der Waals surface area contributed by atoms with Crippen LogP contribution in [0.4, 0.5) is 0 Å². The van der Waals surface area contributed by atoms with E-state index in [2.05, 4.69) is 0 Å². The molecule has 118 valence electrons. The van der Waals surface area contributed by atoms with Gasteiger partial charge >= 0.3 is 0 Å². The van der Waals surface area contributed by atoms with E-state index in [0.29, 0.717) is 18.0 Å². The van der Waals surface area contributed by atoms with Gasteiger partial charge in [0.15, 0.2) is 0 Å². The van der Waals surface area contributed by atoms with Crippen molar-refractivity contribution in [1.82, 2.24) is 4.31 Å². The van der Waals surface area contributed by atoms with Gasteiger partial charge in [-0.25, -0.2) is 8.42 Å². The largest absolute Gasteiger partial charge is 0.492 e. The van der Waals surface area contributed by atoms with E-state index in [4.69, 9.17) is 4.74 Å². The molecule has 0 N–H and O–H groups in total. The topological polar surface area (TPSA) is 46.6 Å². The average molecular weight is 319 g/mol. The SMILES string of the molecule is Cc1ccc(S(=O)(=O)N(C)CCOc2ccccc2)cc1C. The number of benzene rings is 2. The molecule has 2 aromatic carbocycles. The molecule has 0 unspecified atom stereocenters. The van der Waals surface area contributed by atoms with Crippen molar-refractivity contribution in [2.45, 2.75) is 18.7 Å². The molecule has 0 aliphatic carbocycles. The molecule has 2 aromatic rings. The van der Waals surface area contributed by atoms with E-state index in [9.17, 15) is 8.42 Å². The number of hydrogen-bond donors (Lipinski definition) is 0. The van der Waals surface area contributed by atoms with Crippen LogP contribution in [0.15, 0.2) is 53.4 Å². The van der Waals surface area contributed by atoms with Gasteiger partial charge in [-0.2, -0.15) is 4.31 Å². The van der Waals surface area contributed by atoms with Gasteiger partial charge in [-0.1, -0.05) is 24.3 Å². The molecule has 0 amide bonds. The van der Waals surface area contributed by atoms with Gasteiger partial charge in [0.1, 0.15) is 12.4 Å². The fourth-order valence-corrected chi connectivity index (χ4v) is 3.22. The Morgan fingerprint density at radius 3 is 2.32 bits per heavy atom. The number of sulfonamides is 1. The van der Waals surface area contributed by atoms with Gasteiger partial charge in [-0.3, -0.25) is 0 Å². The third-order valence-corrected chi connectivity index (χ3v) is 5.46. The van der Waals surface area contributed by atoms with Crippen LogP contribution in [0.2, 0.25) is 0 Å². The highest BCUT2D eigenvalue weighted by molar-refractivity contribution is 7.89. The Morgan fingerprint density at radius 1 is 1.00 bits per heavy atom. The molecule has 4 nitrogen and oxygen atoms in total. The number of aryl methyl sites for hydroxylation is 2. The van der Waals surface area contributed by atoms with Crippen molar-refractivity contribution in [1.29, 1.82) is 0 Å². The molecule has 0 saturated heterocycles. The third kappa shape index (κ3) is 3.87. The molecule has 0 aliphatic rings. The molecule has 0 aliphatic heterocycles. The minimum atomic E-state index is -3.48. The quantitative estimate of drug-likeness (QED) is 0.822. The molecule has 5 heteroatoms. The lowest BCUT2D eigenvalue weighted by atomic mass is 10.1. The molecular formula is C17H21NO3S. The molecule has 0 heterocycles. The first kappa shape index (κ1) is 16.5. The highest BCUT2D eigenvalue weighted by Gasteiger charge is 2.20. The van der Waals surface area contributed by atoms with Gasteiger partial charge in [0.25, 0.3) is 0 Å². The van der Waals surface area contributed by atoms with Crippen molar-refractivity contribution >= 4 is 10.0 Å². The number of ether oxygens (including phenoxy) is 1. The Labute approximate surface area is 132 Å². The zero-order valence-electron chi connectivity index (χ0n) is 13.1. The molecule has 0 saturated carbocycles. The summed E-state index contributed by atoms with van der Waals surface area (Å²) in [7, 11) is -1.91. The number of likely N-dealkylation sites (N-methyl/N-ethyl adjacent to an activating group) is 1. The van der Waals surface area contributed by atoms with Crippen molar-refractivity contribution in [3.05, 3.63) is 59.7 Å². The van der Waals surface area contributed by atoms with Crippen molar-refractivity contribution in [2.75, 3.05) is 20.2 Å². The van der Waals surface area contributed by atoms with Crippen LogP contribution in [0.3, 0.4) is 0 Å². The lowest BCUT2D eigenvalue weighted by Crippen LogP contribution is -2.31. The van der Waals surface area contributed by atoms with Gasteiger partial charge in [0.2, 0.25) is 10.0 Å². The molecule has 0 radical (unpaired) electrons. The molecule has 0 fully saturated rings. The second-order valence-electron chi connectivity index (χ2n) is 5.23. The summed E-state index contributed by atoms with van der Waals surface area (Å²) >= 11 is 0. The predicted molar refractivity (Wildman–Crippen MR) is 87.7 cm³/mol. The monoisotopic (exact) mass is 319 g/mol. The van der Waals surface area contributed by atoms with Crippen molar-refractivity contribution in [3.63, 3.8) is 0 Å². The number of hydrogen-bond acceptors (Lipinski definition) is 3. The van der Waals surface area contributed by atoms with E-state index in [0.717, 1.165) is 16.9 Å². The highest BCUT2D eigenvalue weighted by Crippen LogP contribution is 2.18. The Hall–Kier alpha value is -1.85. The Kier molecular flexibility index (Phi) is 5.21. The predicted octanol–water partition coefficient (Wildman–Crippen LogP) is 3.00. The van der Waals surface area contributed by atoms with Crippen LogP contribution < -0.4 is 4.74 Å². The van der Waals surface area contributed by atoms with Crippen molar-refractivity contribution in [3.8, 4) is 5.75 Å². The molecule has 0 spiro atoms. The summed E-state index contributed by atoms with van der Waals surface area (Å²) in [5.74, 6) is 0.736. The molecule has 22 heavy (non-hydrogen) atoms. The summed E-state index contributed by atoms with van der Waals surface area (Å²) in [6, 6.07) is 14.5. The average Bonchev–Trinajstić information content (AvgIpc) is 2.50. The van der Waals surface area contributed by atoms with Crippen LogP contribution in [-0.2, 0) is 10.0 Å². The van der Waals surface area contributed by atoms with Crippen molar-refractivity contribution in [2.24, 2.45) is 0 Å². The number of nitrogens with zero attached hydrogens (tertiary/aromatic N) is 1. The minimum Gasteiger partial charge on any atom is -0.492 e. The zero-order valence-corrected chi connectivity index (χ0v) is 13.9. The van der Waals surface area contributed by atoms with Gasteiger partial charge in [-0.05, 0) is 49.2 Å². The molecular weight excluding hydrogens is 298 g/mol. The van der Waals surface area contributed by atoms with E-state index in [-0.39, 0.29) is 0 Å². The van der Waals surface area contributed by atoms with E-state index in [1.54, 1.807) is 19.2 Å². The van der Waals surface area contributed by atoms with Gasteiger partial charge < -0.3 is 4.74 Å². The Balaban J connectivity index is 2.01. The summed E-state index contributed by atoms with van der Waals surface area (Å²) in [6.45, 7) is 4.48. The first-order chi connectivity index (χ1) is 10.4. The smallest absolute Gasteiger partial charge is 0.242 e. The molecule has 0 atom stereocenters. The number of para-hydroxylation sites is 1. The molecule has 0 bridgehead atoms. The van der Waals surface area contributed by atoms with Crippen LogP contribution in [0.25, 0.3) is 0 Å². The summed E-state index contributed by atoms with van der Waals surface area (Å²) in [5, 5.41) is 0. The van der Waals surface area contributed by atoms with Crippen molar-refractivity contribution < 1.29 is 13.2 Å². The molecule has 2 rings (SSSR count). The summed E-state index contributed by atoms with van der Waals surface area (Å²) < 4.78 is 31.9. The van der Waals surface area contributed by atoms with E-state index in [1.165, 1.54) is 4.31 Å². The standard InChI is InChI=1S/C17H21NO3S/c1-14-9-10-17(13-15(14)2)22(19,20)18(3)11-12-21-16-7-5-4-6-8-16/h4-10,13H,11-12H2,1-3H3. The lowest BCUT2D eigenvalue weighted by Gasteiger charge is -2.18. The normalized spacial score (nSPS) is 11.6. The third-order valence-electron chi connectivity index (χ3n) is 3.60. The van der Waals surface area contributed by atoms with E-state index in [1.807, 2.05) is 50.2 Å². The minimum absolute atomic E-state index is 0.296. The fraction of sp³-hybridized carbons (Fsp3) is 0.294. The van der Waals surface area contributed by atoms with Gasteiger partial charge in [0.05, 0.1) is 4.90 Å². The molecule has 0 aromatic heterocycles. The summed E-state index contributed by atoms with van der Waals surface area (Å²) in [6.07, 6.45) is 0. The fourth-order valence-electron chi connectivity index (χ4n) is 1.98. The maximum atomic E-state index is 12.5. The lowest BCUT2D eigenvalue weighted by molar-refractivity contribution is 0.287. The number of rotatable bonds is 6. The van der Waals surface area contributed by atoms with Gasteiger partial charge in [-0.15, -0.1) is 0 Å². The van der Waals surface area contributed by atoms with Crippen LogP contribution in [0, 0.1) is 13.8 Å². The first-order valence-corrected chi connectivity index (χ1v) is 8.57. The summed E-state index contributed by atoms with van der Waals surface area (Å²) in [4.78, 5) is 0.317. The Morgan fingerprint density at radius 2 is 1.68 bits per heavy atom. The Bertz CT molecular complexity index is 727. The maximum Gasteiger partial charge on any atom is 0.242 e. The van der Waals surface area contributed by atoms with Gasteiger partial charge in [0, 0.05) is 13.6 Å².